The molecule has 7 heteroatoms. The lowest BCUT2D eigenvalue weighted by atomic mass is 10.1. The van der Waals surface area contributed by atoms with E-state index in [0.29, 0.717) is 6.54 Å². The number of carbonyl (C=O) groups is 2. The topological polar surface area (TPSA) is 61.9 Å². The number of anilines is 2. The molecule has 0 aromatic heterocycles. The van der Waals surface area contributed by atoms with E-state index in [9.17, 15) is 9.59 Å². The number of fused-ring (bicyclic) bond motifs is 1. The van der Waals surface area contributed by atoms with E-state index in [0.717, 1.165) is 48.1 Å². The molecule has 0 bridgehead atoms. The number of para-hydroxylation sites is 2. The van der Waals surface area contributed by atoms with Gasteiger partial charge in [0, 0.05) is 43.7 Å². The lowest BCUT2D eigenvalue weighted by Crippen LogP contribution is -2.38. The second-order valence-corrected chi connectivity index (χ2v) is 8.52. The van der Waals surface area contributed by atoms with Crippen LogP contribution in [0.15, 0.2) is 53.4 Å². The molecule has 1 atom stereocenters. The molecular formula is C22H25N3O3S. The molecule has 2 aliphatic heterocycles. The summed E-state index contributed by atoms with van der Waals surface area (Å²) in [5, 5.41) is 2.50. The first-order valence-electron chi connectivity index (χ1n) is 9.83. The molecule has 2 aromatic rings. The molecule has 4 rings (SSSR count). The standard InChI is InChI=1S/C22H25N3O3S/c1-24(15-16-6-2-4-8-18(16)25-10-12-28-13-11-25)21(26)14-20-22(27)23-17-7-3-5-9-19(17)29-20/h2-9,20H,10-15H2,1H3,(H,23,27)/t20-/m1/s1. The highest BCUT2D eigenvalue weighted by Gasteiger charge is 2.30. The summed E-state index contributed by atoms with van der Waals surface area (Å²) >= 11 is 1.46. The Hall–Kier alpha value is -2.51. The number of amides is 2. The van der Waals surface area contributed by atoms with Crippen molar-refractivity contribution >= 4 is 35.0 Å². The van der Waals surface area contributed by atoms with Crippen molar-refractivity contribution in [2.45, 2.75) is 23.1 Å². The first kappa shape index (κ1) is 19.8. The van der Waals surface area contributed by atoms with Crippen LogP contribution in [0.5, 0.6) is 0 Å². The normalized spacial score (nSPS) is 18.7. The number of ether oxygens (including phenoxy) is 1. The molecule has 29 heavy (non-hydrogen) atoms. The molecule has 2 aromatic carbocycles. The van der Waals surface area contributed by atoms with Gasteiger partial charge in [-0.3, -0.25) is 9.59 Å². The van der Waals surface area contributed by atoms with E-state index in [-0.39, 0.29) is 18.2 Å². The molecule has 1 N–H and O–H groups in total. The van der Waals surface area contributed by atoms with Crippen LogP contribution in [0.3, 0.4) is 0 Å². The van der Waals surface area contributed by atoms with Crippen molar-refractivity contribution in [3.8, 4) is 0 Å². The monoisotopic (exact) mass is 411 g/mol. The number of nitrogens with one attached hydrogen (secondary N) is 1. The summed E-state index contributed by atoms with van der Waals surface area (Å²) in [6, 6.07) is 15.9. The zero-order valence-electron chi connectivity index (χ0n) is 16.5. The van der Waals surface area contributed by atoms with Crippen molar-refractivity contribution in [2.24, 2.45) is 0 Å². The maximum absolute atomic E-state index is 12.9. The molecule has 1 saturated heterocycles. The first-order chi connectivity index (χ1) is 14.1. The number of rotatable bonds is 5. The smallest absolute Gasteiger partial charge is 0.238 e. The van der Waals surface area contributed by atoms with Gasteiger partial charge in [0.1, 0.15) is 0 Å². The Bertz CT molecular complexity index is 898. The molecule has 1 fully saturated rings. The summed E-state index contributed by atoms with van der Waals surface area (Å²) in [5.74, 6) is -0.141. The Morgan fingerprint density at radius 2 is 1.90 bits per heavy atom. The molecule has 152 valence electrons. The van der Waals surface area contributed by atoms with Gasteiger partial charge in [-0.05, 0) is 23.8 Å². The quantitative estimate of drug-likeness (QED) is 0.820. The Morgan fingerprint density at radius 3 is 2.72 bits per heavy atom. The van der Waals surface area contributed by atoms with Crippen molar-refractivity contribution in [3.63, 3.8) is 0 Å². The third kappa shape index (κ3) is 4.57. The minimum absolute atomic E-state index is 0.0335. The van der Waals surface area contributed by atoms with Crippen LogP contribution in [-0.2, 0) is 20.9 Å². The Kier molecular flexibility index (Phi) is 6.06. The van der Waals surface area contributed by atoms with Crippen LogP contribution in [0.25, 0.3) is 0 Å². The Morgan fingerprint density at radius 1 is 1.17 bits per heavy atom. The summed E-state index contributed by atoms with van der Waals surface area (Å²) < 4.78 is 5.45. The second kappa shape index (κ2) is 8.88. The van der Waals surface area contributed by atoms with E-state index < -0.39 is 5.25 Å². The van der Waals surface area contributed by atoms with Gasteiger partial charge in [-0.1, -0.05) is 30.3 Å². The lowest BCUT2D eigenvalue weighted by molar-refractivity contribution is -0.131. The molecule has 2 heterocycles. The number of hydrogen-bond acceptors (Lipinski definition) is 5. The molecule has 0 radical (unpaired) electrons. The van der Waals surface area contributed by atoms with Gasteiger partial charge in [-0.25, -0.2) is 0 Å². The van der Waals surface area contributed by atoms with Crippen LogP contribution < -0.4 is 10.2 Å². The van der Waals surface area contributed by atoms with Gasteiger partial charge in [-0.2, -0.15) is 0 Å². The van der Waals surface area contributed by atoms with Crippen molar-refractivity contribution < 1.29 is 14.3 Å². The fourth-order valence-corrected chi connectivity index (χ4v) is 4.74. The van der Waals surface area contributed by atoms with Gasteiger partial charge in [0.2, 0.25) is 11.8 Å². The summed E-state index contributed by atoms with van der Waals surface area (Å²) in [7, 11) is 1.80. The van der Waals surface area contributed by atoms with Crippen molar-refractivity contribution in [1.82, 2.24) is 4.90 Å². The number of hydrogen-bond donors (Lipinski definition) is 1. The number of carbonyl (C=O) groups excluding carboxylic acids is 2. The Balaban J connectivity index is 1.41. The third-order valence-electron chi connectivity index (χ3n) is 5.24. The number of morpholine rings is 1. The van der Waals surface area contributed by atoms with Gasteiger partial charge in [0.05, 0.1) is 24.2 Å². The van der Waals surface area contributed by atoms with Gasteiger partial charge >= 0.3 is 0 Å². The molecule has 0 saturated carbocycles. The number of benzene rings is 2. The zero-order chi connectivity index (χ0) is 20.2. The van der Waals surface area contributed by atoms with Crippen LogP contribution in [0.2, 0.25) is 0 Å². The van der Waals surface area contributed by atoms with E-state index in [1.807, 2.05) is 36.4 Å². The van der Waals surface area contributed by atoms with Crippen molar-refractivity contribution in [3.05, 3.63) is 54.1 Å². The van der Waals surface area contributed by atoms with Crippen LogP contribution in [0, 0.1) is 0 Å². The number of thioether (sulfide) groups is 1. The van der Waals surface area contributed by atoms with Crippen molar-refractivity contribution in [1.29, 1.82) is 0 Å². The predicted octanol–water partition coefficient (Wildman–Crippen LogP) is 2.98. The summed E-state index contributed by atoms with van der Waals surface area (Å²) in [6.07, 6.45) is 0.182. The largest absolute Gasteiger partial charge is 0.378 e. The van der Waals surface area contributed by atoms with Crippen LogP contribution in [0.4, 0.5) is 11.4 Å². The van der Waals surface area contributed by atoms with E-state index in [2.05, 4.69) is 22.3 Å². The fourth-order valence-electron chi connectivity index (χ4n) is 3.64. The molecule has 0 spiro atoms. The minimum Gasteiger partial charge on any atom is -0.378 e. The molecule has 2 amide bonds. The fraction of sp³-hybridized carbons (Fsp3) is 0.364. The predicted molar refractivity (Wildman–Crippen MR) is 115 cm³/mol. The Labute approximate surface area is 175 Å². The molecule has 0 unspecified atom stereocenters. The van der Waals surface area contributed by atoms with E-state index in [1.54, 1.807) is 11.9 Å². The van der Waals surface area contributed by atoms with E-state index >= 15 is 0 Å². The maximum Gasteiger partial charge on any atom is 0.238 e. The van der Waals surface area contributed by atoms with Crippen LogP contribution in [0.1, 0.15) is 12.0 Å². The average Bonchev–Trinajstić information content (AvgIpc) is 2.75. The summed E-state index contributed by atoms with van der Waals surface area (Å²) in [6.45, 7) is 3.67. The number of nitrogens with zero attached hydrogens (tertiary/aromatic N) is 2. The highest BCUT2D eigenvalue weighted by molar-refractivity contribution is 8.01. The minimum atomic E-state index is -0.408. The van der Waals surface area contributed by atoms with E-state index in [4.69, 9.17) is 4.74 Å². The van der Waals surface area contributed by atoms with Crippen molar-refractivity contribution in [2.75, 3.05) is 43.6 Å². The molecule has 2 aliphatic rings. The molecule has 0 aliphatic carbocycles. The van der Waals surface area contributed by atoms with Gasteiger partial charge in [0.25, 0.3) is 0 Å². The lowest BCUT2D eigenvalue weighted by Gasteiger charge is -2.31. The van der Waals surface area contributed by atoms with E-state index in [1.165, 1.54) is 11.8 Å². The maximum atomic E-state index is 12.9. The van der Waals surface area contributed by atoms with Gasteiger partial charge in [0.15, 0.2) is 0 Å². The average molecular weight is 412 g/mol. The SMILES string of the molecule is CN(Cc1ccccc1N1CCOCC1)C(=O)C[C@H]1Sc2ccccc2NC1=O. The molecular weight excluding hydrogens is 386 g/mol. The highest BCUT2D eigenvalue weighted by Crippen LogP contribution is 2.36. The molecule has 6 nitrogen and oxygen atoms in total. The summed E-state index contributed by atoms with van der Waals surface area (Å²) in [5.41, 5.74) is 3.07. The second-order valence-electron chi connectivity index (χ2n) is 7.27. The van der Waals surface area contributed by atoms with Gasteiger partial charge < -0.3 is 19.9 Å². The van der Waals surface area contributed by atoms with Crippen LogP contribution in [-0.4, -0.2) is 55.3 Å². The third-order valence-corrected chi connectivity index (χ3v) is 6.52. The first-order valence-corrected chi connectivity index (χ1v) is 10.7. The van der Waals surface area contributed by atoms with Gasteiger partial charge in [-0.15, -0.1) is 11.8 Å². The highest BCUT2D eigenvalue weighted by atomic mass is 32.2. The summed E-state index contributed by atoms with van der Waals surface area (Å²) in [4.78, 5) is 30.3. The van der Waals surface area contributed by atoms with Crippen LogP contribution >= 0.6 is 11.8 Å². The zero-order valence-corrected chi connectivity index (χ0v) is 17.3.